The summed E-state index contributed by atoms with van der Waals surface area (Å²) in [5.41, 5.74) is 1.18. The van der Waals surface area contributed by atoms with Crippen LogP contribution in [0.2, 0.25) is 0 Å². The highest BCUT2D eigenvalue weighted by molar-refractivity contribution is 5.14. The predicted molar refractivity (Wildman–Crippen MR) is 61.9 cm³/mol. The number of H-pyrrole nitrogens is 1. The maximum atomic E-state index is 5.38. The number of aryl methyl sites for hydroxylation is 1. The van der Waals surface area contributed by atoms with Crippen molar-refractivity contribution in [1.29, 1.82) is 0 Å². The number of hydrogen-bond donors (Lipinski definition) is 2. The van der Waals surface area contributed by atoms with Crippen LogP contribution in [0.5, 0.6) is 0 Å². The van der Waals surface area contributed by atoms with Crippen molar-refractivity contribution < 1.29 is 4.42 Å². The van der Waals surface area contributed by atoms with Crippen LogP contribution in [0.1, 0.15) is 36.5 Å². The van der Waals surface area contributed by atoms with Gasteiger partial charge in [-0.3, -0.25) is 0 Å². The highest BCUT2D eigenvalue weighted by Crippen LogP contribution is 2.14. The molecule has 4 heteroatoms. The van der Waals surface area contributed by atoms with Crippen molar-refractivity contribution in [2.24, 2.45) is 0 Å². The van der Waals surface area contributed by atoms with Crippen LogP contribution >= 0.6 is 0 Å². The van der Waals surface area contributed by atoms with Crippen molar-refractivity contribution in [1.82, 2.24) is 15.3 Å². The Bertz CT molecular complexity index is 419. The molecule has 0 aliphatic carbocycles. The van der Waals surface area contributed by atoms with Crippen LogP contribution in [0.4, 0.5) is 0 Å². The molecule has 16 heavy (non-hydrogen) atoms. The van der Waals surface area contributed by atoms with Gasteiger partial charge in [-0.15, -0.1) is 0 Å². The molecule has 0 bridgehead atoms. The van der Waals surface area contributed by atoms with Gasteiger partial charge in [-0.1, -0.05) is 6.92 Å². The molecule has 1 atom stereocenters. The van der Waals surface area contributed by atoms with Crippen LogP contribution < -0.4 is 5.32 Å². The maximum absolute atomic E-state index is 5.38. The zero-order valence-electron chi connectivity index (χ0n) is 9.66. The highest BCUT2D eigenvalue weighted by Gasteiger charge is 2.12. The summed E-state index contributed by atoms with van der Waals surface area (Å²) in [6, 6.07) is 2.23. The quantitative estimate of drug-likeness (QED) is 0.812. The maximum Gasteiger partial charge on any atom is 0.123 e. The Morgan fingerprint density at radius 2 is 2.44 bits per heavy atom. The molecule has 0 fully saturated rings. The topological polar surface area (TPSA) is 53.9 Å². The van der Waals surface area contributed by atoms with Gasteiger partial charge in [-0.25, -0.2) is 4.98 Å². The molecule has 2 aromatic rings. The van der Waals surface area contributed by atoms with Crippen LogP contribution in [-0.2, 0) is 6.54 Å². The van der Waals surface area contributed by atoms with E-state index in [-0.39, 0.29) is 6.04 Å². The molecule has 0 saturated heterocycles. The summed E-state index contributed by atoms with van der Waals surface area (Å²) in [7, 11) is 0. The summed E-state index contributed by atoms with van der Waals surface area (Å²) >= 11 is 0. The van der Waals surface area contributed by atoms with Crippen molar-refractivity contribution in [3.8, 4) is 0 Å². The normalized spacial score (nSPS) is 12.9. The molecule has 86 valence electrons. The van der Waals surface area contributed by atoms with Gasteiger partial charge in [0.1, 0.15) is 11.6 Å². The van der Waals surface area contributed by atoms with Gasteiger partial charge in [0, 0.05) is 12.4 Å². The Morgan fingerprint density at radius 1 is 1.56 bits per heavy atom. The Hall–Kier alpha value is -1.55. The number of rotatable bonds is 5. The molecule has 0 aromatic carbocycles. The monoisotopic (exact) mass is 219 g/mol. The molecular weight excluding hydrogens is 202 g/mol. The average molecular weight is 219 g/mol. The second kappa shape index (κ2) is 4.99. The van der Waals surface area contributed by atoms with E-state index in [0.29, 0.717) is 0 Å². The van der Waals surface area contributed by atoms with Crippen LogP contribution in [0.3, 0.4) is 0 Å². The third kappa shape index (κ3) is 2.33. The lowest BCUT2D eigenvalue weighted by Crippen LogP contribution is -2.21. The molecule has 4 nitrogen and oxygen atoms in total. The fourth-order valence-corrected chi connectivity index (χ4v) is 1.70. The summed E-state index contributed by atoms with van der Waals surface area (Å²) in [4.78, 5) is 7.39. The van der Waals surface area contributed by atoms with Crippen LogP contribution in [0.15, 0.2) is 29.1 Å². The Morgan fingerprint density at radius 3 is 3.00 bits per heavy atom. The van der Waals surface area contributed by atoms with E-state index in [0.717, 1.165) is 24.6 Å². The van der Waals surface area contributed by atoms with Gasteiger partial charge in [-0.2, -0.15) is 0 Å². The number of aromatic nitrogens is 2. The molecule has 2 rings (SSSR count). The SMILES string of the molecule is CCC(NCc1occc1C)c1ncc[nH]1. The summed E-state index contributed by atoms with van der Waals surface area (Å²) in [6.45, 7) is 4.92. The third-order valence-corrected chi connectivity index (χ3v) is 2.73. The number of nitrogens with zero attached hydrogens (tertiary/aromatic N) is 1. The van der Waals surface area contributed by atoms with Crippen LogP contribution in [0, 0.1) is 6.92 Å². The van der Waals surface area contributed by atoms with Crippen molar-refractivity contribution in [2.45, 2.75) is 32.9 Å². The molecule has 0 amide bonds. The summed E-state index contributed by atoms with van der Waals surface area (Å²) < 4.78 is 5.38. The first-order valence-electron chi connectivity index (χ1n) is 5.57. The highest BCUT2D eigenvalue weighted by atomic mass is 16.3. The average Bonchev–Trinajstić information content (AvgIpc) is 2.92. The van der Waals surface area contributed by atoms with Gasteiger partial charge >= 0.3 is 0 Å². The second-order valence-corrected chi connectivity index (χ2v) is 3.84. The minimum atomic E-state index is 0.250. The first-order chi connectivity index (χ1) is 7.81. The molecule has 0 aliphatic rings. The van der Waals surface area contributed by atoms with Gasteiger partial charge in [0.15, 0.2) is 0 Å². The molecule has 2 heterocycles. The molecule has 0 aliphatic heterocycles. The van der Waals surface area contributed by atoms with Gasteiger partial charge in [-0.05, 0) is 25.0 Å². The summed E-state index contributed by atoms with van der Waals surface area (Å²) in [5, 5.41) is 3.43. The minimum absolute atomic E-state index is 0.250. The van der Waals surface area contributed by atoms with E-state index in [4.69, 9.17) is 4.42 Å². The molecule has 2 N–H and O–H groups in total. The number of nitrogens with one attached hydrogen (secondary N) is 2. The van der Waals surface area contributed by atoms with Gasteiger partial charge in [0.05, 0.1) is 18.8 Å². The molecule has 0 radical (unpaired) electrons. The van der Waals surface area contributed by atoms with E-state index < -0.39 is 0 Å². The summed E-state index contributed by atoms with van der Waals surface area (Å²) in [6.07, 6.45) is 6.34. The van der Waals surface area contributed by atoms with Gasteiger partial charge in [0.2, 0.25) is 0 Å². The zero-order valence-corrected chi connectivity index (χ0v) is 9.66. The first kappa shape index (κ1) is 11.0. The minimum Gasteiger partial charge on any atom is -0.468 e. The van der Waals surface area contributed by atoms with Crippen molar-refractivity contribution >= 4 is 0 Å². The number of imidazole rings is 1. The summed E-state index contributed by atoms with van der Waals surface area (Å²) in [5.74, 6) is 1.97. The number of aromatic amines is 1. The van der Waals surface area contributed by atoms with Gasteiger partial charge < -0.3 is 14.7 Å². The van der Waals surface area contributed by atoms with Crippen LogP contribution in [0.25, 0.3) is 0 Å². The number of hydrogen-bond acceptors (Lipinski definition) is 3. The van der Waals surface area contributed by atoms with E-state index in [1.54, 1.807) is 12.5 Å². The Balaban J connectivity index is 1.96. The lowest BCUT2D eigenvalue weighted by Gasteiger charge is -2.13. The molecule has 2 aromatic heterocycles. The van der Waals surface area contributed by atoms with Gasteiger partial charge in [0.25, 0.3) is 0 Å². The predicted octanol–water partition coefficient (Wildman–Crippen LogP) is 2.55. The molecular formula is C12H17N3O. The largest absolute Gasteiger partial charge is 0.468 e. The van der Waals surface area contributed by atoms with E-state index in [1.807, 2.05) is 19.2 Å². The Kier molecular flexibility index (Phi) is 3.41. The molecule has 0 spiro atoms. The van der Waals surface area contributed by atoms with E-state index >= 15 is 0 Å². The van der Waals surface area contributed by atoms with Crippen molar-refractivity contribution in [3.63, 3.8) is 0 Å². The van der Waals surface area contributed by atoms with Crippen LogP contribution in [-0.4, -0.2) is 9.97 Å². The smallest absolute Gasteiger partial charge is 0.123 e. The first-order valence-corrected chi connectivity index (χ1v) is 5.57. The fourth-order valence-electron chi connectivity index (χ4n) is 1.70. The Labute approximate surface area is 95.1 Å². The van der Waals surface area contributed by atoms with Crippen molar-refractivity contribution in [2.75, 3.05) is 0 Å². The zero-order chi connectivity index (χ0) is 11.4. The standard InChI is InChI=1S/C12H17N3O/c1-3-10(12-13-5-6-14-12)15-8-11-9(2)4-7-16-11/h4-7,10,15H,3,8H2,1-2H3,(H,13,14). The van der Waals surface area contributed by atoms with Crippen molar-refractivity contribution in [3.05, 3.63) is 41.9 Å². The second-order valence-electron chi connectivity index (χ2n) is 3.84. The third-order valence-electron chi connectivity index (χ3n) is 2.73. The van der Waals surface area contributed by atoms with E-state index in [1.165, 1.54) is 5.56 Å². The molecule has 0 saturated carbocycles. The molecule has 1 unspecified atom stereocenters. The fraction of sp³-hybridized carbons (Fsp3) is 0.417. The van der Waals surface area contributed by atoms with E-state index in [9.17, 15) is 0 Å². The lowest BCUT2D eigenvalue weighted by atomic mass is 10.2. The lowest BCUT2D eigenvalue weighted by molar-refractivity contribution is 0.433. The number of furan rings is 1. The van der Waals surface area contributed by atoms with E-state index in [2.05, 4.69) is 22.2 Å².